The molecule has 1 fully saturated rings. The highest BCUT2D eigenvalue weighted by Crippen LogP contribution is 2.29. The first-order valence-corrected chi connectivity index (χ1v) is 3.92. The minimum absolute atomic E-state index is 0.110. The predicted molar refractivity (Wildman–Crippen MR) is 42.9 cm³/mol. The van der Waals surface area contributed by atoms with Gasteiger partial charge in [0.1, 0.15) is 0 Å². The van der Waals surface area contributed by atoms with Crippen LogP contribution in [0.25, 0.3) is 0 Å². The molecule has 2 unspecified atom stereocenters. The minimum atomic E-state index is 0.110. The average Bonchev–Trinajstić information content (AvgIpc) is 2.02. The Kier molecular flexibility index (Phi) is 1.34. The van der Waals surface area contributed by atoms with Gasteiger partial charge in [-0.15, -0.1) is 0 Å². The molecule has 1 heterocycles. The van der Waals surface area contributed by atoms with Crippen LogP contribution < -0.4 is 5.32 Å². The van der Waals surface area contributed by atoms with Crippen molar-refractivity contribution in [2.24, 2.45) is 11.8 Å². The van der Waals surface area contributed by atoms with Crippen LogP contribution in [0.3, 0.4) is 0 Å². The Morgan fingerprint density at radius 1 is 1.64 bits per heavy atom. The van der Waals surface area contributed by atoms with Crippen molar-refractivity contribution in [3.8, 4) is 0 Å². The number of piperidine rings is 1. The quantitative estimate of drug-likeness (QED) is 0.544. The van der Waals surface area contributed by atoms with Gasteiger partial charge in [0.2, 0.25) is 5.91 Å². The zero-order valence-corrected chi connectivity index (χ0v) is 6.34. The first kappa shape index (κ1) is 6.65. The first-order chi connectivity index (χ1) is 5.27. The van der Waals surface area contributed by atoms with Crippen molar-refractivity contribution in [2.45, 2.75) is 6.42 Å². The lowest BCUT2D eigenvalue weighted by molar-refractivity contribution is -0.125. The summed E-state index contributed by atoms with van der Waals surface area (Å²) in [5.41, 5.74) is 1.15. The molecule has 2 aliphatic rings. The molecular weight excluding hydrogens is 138 g/mol. The van der Waals surface area contributed by atoms with Gasteiger partial charge in [-0.1, -0.05) is 24.3 Å². The number of amides is 1. The number of carbonyl (C=O) groups excluding carboxylic acids is 1. The molecule has 1 aliphatic heterocycles. The van der Waals surface area contributed by atoms with Gasteiger partial charge in [-0.2, -0.15) is 0 Å². The summed E-state index contributed by atoms with van der Waals surface area (Å²) in [5.74, 6) is 0.770. The number of rotatable bonds is 0. The molecule has 2 heteroatoms. The summed E-state index contributed by atoms with van der Waals surface area (Å²) in [6.45, 7) is 4.70. The summed E-state index contributed by atoms with van der Waals surface area (Å²) < 4.78 is 0. The second-order valence-electron chi connectivity index (χ2n) is 3.22. The Balaban J connectivity index is 2.28. The molecule has 1 aliphatic carbocycles. The number of fused-ring (bicyclic) bond motifs is 2. The van der Waals surface area contributed by atoms with Crippen LogP contribution in [-0.4, -0.2) is 12.5 Å². The first-order valence-electron chi connectivity index (χ1n) is 3.92. The zero-order valence-electron chi connectivity index (χ0n) is 6.34. The van der Waals surface area contributed by atoms with Crippen molar-refractivity contribution in [3.05, 3.63) is 24.3 Å². The summed E-state index contributed by atoms with van der Waals surface area (Å²) in [4.78, 5) is 11.1. The fourth-order valence-corrected chi connectivity index (χ4v) is 1.68. The fraction of sp³-hybridized carbons (Fsp3) is 0.444. The Morgan fingerprint density at radius 3 is 3.27 bits per heavy atom. The molecule has 0 saturated carbocycles. The Bertz CT molecular complexity index is 242. The van der Waals surface area contributed by atoms with Crippen molar-refractivity contribution in [2.75, 3.05) is 6.54 Å². The van der Waals surface area contributed by atoms with E-state index in [9.17, 15) is 4.79 Å². The van der Waals surface area contributed by atoms with E-state index in [1.165, 1.54) is 0 Å². The second-order valence-corrected chi connectivity index (χ2v) is 3.22. The molecule has 1 N–H and O–H groups in total. The van der Waals surface area contributed by atoms with E-state index in [4.69, 9.17) is 0 Å². The summed E-state index contributed by atoms with van der Waals surface area (Å²) in [6.07, 6.45) is 4.89. The zero-order chi connectivity index (χ0) is 7.84. The maximum absolute atomic E-state index is 11.1. The Morgan fingerprint density at radius 2 is 2.45 bits per heavy atom. The maximum Gasteiger partial charge on any atom is 0.226 e. The van der Waals surface area contributed by atoms with Crippen molar-refractivity contribution < 1.29 is 4.79 Å². The molecule has 2 nitrogen and oxygen atoms in total. The van der Waals surface area contributed by atoms with E-state index < -0.39 is 0 Å². The molecule has 1 amide bonds. The van der Waals surface area contributed by atoms with Crippen LogP contribution in [0.4, 0.5) is 0 Å². The van der Waals surface area contributed by atoms with E-state index in [0.717, 1.165) is 18.5 Å². The van der Waals surface area contributed by atoms with Crippen LogP contribution in [0.5, 0.6) is 0 Å². The van der Waals surface area contributed by atoms with Gasteiger partial charge in [-0.25, -0.2) is 0 Å². The molecule has 0 aromatic heterocycles. The van der Waals surface area contributed by atoms with Crippen molar-refractivity contribution in [1.82, 2.24) is 5.32 Å². The number of allylic oxidation sites excluding steroid dienone is 1. The van der Waals surface area contributed by atoms with E-state index >= 15 is 0 Å². The summed E-state index contributed by atoms with van der Waals surface area (Å²) >= 11 is 0. The lowest BCUT2D eigenvalue weighted by atomic mass is 9.80. The summed E-state index contributed by atoms with van der Waals surface area (Å²) in [7, 11) is 0. The molecular formula is C9H11NO. The van der Waals surface area contributed by atoms with Gasteiger partial charge >= 0.3 is 0 Å². The van der Waals surface area contributed by atoms with Crippen molar-refractivity contribution >= 4 is 5.91 Å². The molecule has 1 saturated heterocycles. The van der Waals surface area contributed by atoms with Crippen molar-refractivity contribution in [3.63, 3.8) is 0 Å². The normalized spacial score (nSPS) is 35.3. The second kappa shape index (κ2) is 2.22. The standard InChI is InChI=1S/C9H11NO/c1-6-2-3-7-4-8(6)5-10-9(7)11/h2-3,7-8H,1,4-5H2,(H,10,11). The van der Waals surface area contributed by atoms with E-state index in [0.29, 0.717) is 5.92 Å². The topological polar surface area (TPSA) is 29.1 Å². The molecule has 2 rings (SSSR count). The summed E-state index contributed by atoms with van der Waals surface area (Å²) in [5, 5.41) is 2.86. The molecule has 0 spiro atoms. The highest BCUT2D eigenvalue weighted by Gasteiger charge is 2.30. The minimum Gasteiger partial charge on any atom is -0.355 e. The largest absolute Gasteiger partial charge is 0.355 e. The number of hydrogen-bond acceptors (Lipinski definition) is 1. The molecule has 2 bridgehead atoms. The third-order valence-corrected chi connectivity index (χ3v) is 2.46. The van der Waals surface area contributed by atoms with Gasteiger partial charge in [-0.05, 0) is 6.42 Å². The predicted octanol–water partition coefficient (Wildman–Crippen LogP) is 0.865. The van der Waals surface area contributed by atoms with Gasteiger partial charge in [0, 0.05) is 12.5 Å². The molecule has 0 radical (unpaired) electrons. The third kappa shape index (κ3) is 0.985. The monoisotopic (exact) mass is 149 g/mol. The van der Waals surface area contributed by atoms with Crippen LogP contribution in [-0.2, 0) is 4.79 Å². The van der Waals surface area contributed by atoms with Gasteiger partial charge in [0.25, 0.3) is 0 Å². The van der Waals surface area contributed by atoms with E-state index in [2.05, 4.69) is 11.9 Å². The molecule has 11 heavy (non-hydrogen) atoms. The van der Waals surface area contributed by atoms with Crippen LogP contribution >= 0.6 is 0 Å². The van der Waals surface area contributed by atoms with E-state index in [1.807, 2.05) is 12.2 Å². The third-order valence-electron chi connectivity index (χ3n) is 2.46. The average molecular weight is 149 g/mol. The van der Waals surface area contributed by atoms with Crippen LogP contribution in [0.1, 0.15) is 6.42 Å². The molecule has 0 aromatic carbocycles. The highest BCUT2D eigenvalue weighted by atomic mass is 16.1. The maximum atomic E-state index is 11.1. The highest BCUT2D eigenvalue weighted by molar-refractivity contribution is 5.82. The van der Waals surface area contributed by atoms with Crippen LogP contribution in [0, 0.1) is 11.8 Å². The van der Waals surface area contributed by atoms with E-state index in [-0.39, 0.29) is 11.8 Å². The molecule has 2 atom stereocenters. The molecule has 58 valence electrons. The van der Waals surface area contributed by atoms with Crippen LogP contribution in [0.15, 0.2) is 24.3 Å². The summed E-state index contributed by atoms with van der Waals surface area (Å²) in [6, 6.07) is 0. The van der Waals surface area contributed by atoms with Gasteiger partial charge in [-0.3, -0.25) is 4.79 Å². The van der Waals surface area contributed by atoms with Gasteiger partial charge < -0.3 is 5.32 Å². The lowest BCUT2D eigenvalue weighted by Crippen LogP contribution is -2.42. The van der Waals surface area contributed by atoms with E-state index in [1.54, 1.807) is 0 Å². The van der Waals surface area contributed by atoms with Gasteiger partial charge in [0.15, 0.2) is 0 Å². The van der Waals surface area contributed by atoms with Crippen molar-refractivity contribution in [1.29, 1.82) is 0 Å². The van der Waals surface area contributed by atoms with Gasteiger partial charge in [0.05, 0.1) is 5.92 Å². The SMILES string of the molecule is C=C1C=CC2CC1CNC2=O. The molecule has 0 aromatic rings. The number of nitrogens with one attached hydrogen (secondary N) is 1. The number of carbonyl (C=O) groups is 1. The lowest BCUT2D eigenvalue weighted by Gasteiger charge is -2.31. The Labute approximate surface area is 66.0 Å². The fourth-order valence-electron chi connectivity index (χ4n) is 1.68. The Hall–Kier alpha value is -1.05. The smallest absolute Gasteiger partial charge is 0.226 e. The van der Waals surface area contributed by atoms with Crippen LogP contribution in [0.2, 0.25) is 0 Å². The number of hydrogen-bond donors (Lipinski definition) is 1.